The second-order valence-corrected chi connectivity index (χ2v) is 3.86. The van der Waals surface area contributed by atoms with Gasteiger partial charge in [0.05, 0.1) is 5.69 Å². The SMILES string of the molecule is FC(F)(F)c1nccc(NCCNc2cccnc2)n1. The van der Waals surface area contributed by atoms with E-state index in [0.29, 0.717) is 13.1 Å². The van der Waals surface area contributed by atoms with Gasteiger partial charge in [-0.25, -0.2) is 9.97 Å². The normalized spacial score (nSPS) is 11.2. The molecule has 2 rings (SSSR count). The van der Waals surface area contributed by atoms with E-state index in [1.807, 2.05) is 6.07 Å². The van der Waals surface area contributed by atoms with Gasteiger partial charge in [0.15, 0.2) is 0 Å². The van der Waals surface area contributed by atoms with Crippen LogP contribution in [0.15, 0.2) is 36.8 Å². The zero-order chi connectivity index (χ0) is 14.4. The molecule has 0 saturated heterocycles. The van der Waals surface area contributed by atoms with Crippen LogP contribution in [0.25, 0.3) is 0 Å². The summed E-state index contributed by atoms with van der Waals surface area (Å²) in [5.74, 6) is -1.01. The third kappa shape index (κ3) is 4.08. The van der Waals surface area contributed by atoms with Crippen LogP contribution in [0, 0.1) is 0 Å². The van der Waals surface area contributed by atoms with E-state index >= 15 is 0 Å². The number of pyridine rings is 1. The minimum absolute atomic E-state index is 0.139. The fourth-order valence-electron chi connectivity index (χ4n) is 1.46. The molecule has 106 valence electrons. The maximum Gasteiger partial charge on any atom is 0.451 e. The molecule has 8 heteroatoms. The molecule has 0 saturated carbocycles. The maximum atomic E-state index is 12.4. The molecule has 0 fully saturated rings. The van der Waals surface area contributed by atoms with Crippen molar-refractivity contribution in [2.24, 2.45) is 0 Å². The lowest BCUT2D eigenvalue weighted by atomic mass is 10.4. The van der Waals surface area contributed by atoms with Gasteiger partial charge in [0.2, 0.25) is 5.82 Å². The van der Waals surface area contributed by atoms with Gasteiger partial charge in [0, 0.05) is 31.7 Å². The fourth-order valence-corrected chi connectivity index (χ4v) is 1.46. The number of anilines is 2. The summed E-state index contributed by atoms with van der Waals surface area (Å²) in [6.45, 7) is 0.945. The van der Waals surface area contributed by atoms with E-state index in [9.17, 15) is 13.2 Å². The number of hydrogen-bond donors (Lipinski definition) is 2. The number of nitrogens with one attached hydrogen (secondary N) is 2. The van der Waals surface area contributed by atoms with Crippen LogP contribution in [-0.4, -0.2) is 28.0 Å². The molecule has 5 nitrogen and oxygen atoms in total. The summed E-state index contributed by atoms with van der Waals surface area (Å²) >= 11 is 0. The third-order valence-corrected chi connectivity index (χ3v) is 2.33. The van der Waals surface area contributed by atoms with Crippen LogP contribution in [0.5, 0.6) is 0 Å². The first kappa shape index (κ1) is 14.0. The summed E-state index contributed by atoms with van der Waals surface area (Å²) in [6, 6.07) is 5.02. The topological polar surface area (TPSA) is 62.7 Å². The molecule has 2 heterocycles. The Kier molecular flexibility index (Phi) is 4.34. The van der Waals surface area contributed by atoms with Crippen LogP contribution in [-0.2, 0) is 6.18 Å². The molecule has 0 unspecified atom stereocenters. The Morgan fingerprint density at radius 2 is 1.85 bits per heavy atom. The minimum atomic E-state index is -4.54. The lowest BCUT2D eigenvalue weighted by molar-refractivity contribution is -0.144. The van der Waals surface area contributed by atoms with Gasteiger partial charge in [-0.3, -0.25) is 4.98 Å². The Bertz CT molecular complexity index is 544. The van der Waals surface area contributed by atoms with Gasteiger partial charge in [-0.1, -0.05) is 0 Å². The number of alkyl halides is 3. The van der Waals surface area contributed by atoms with Crippen molar-refractivity contribution in [3.8, 4) is 0 Å². The van der Waals surface area contributed by atoms with Gasteiger partial charge in [0.1, 0.15) is 5.82 Å². The van der Waals surface area contributed by atoms with Gasteiger partial charge < -0.3 is 10.6 Å². The van der Waals surface area contributed by atoms with Crippen molar-refractivity contribution in [2.45, 2.75) is 6.18 Å². The lowest BCUT2D eigenvalue weighted by Gasteiger charge is -2.09. The first-order valence-corrected chi connectivity index (χ1v) is 5.84. The van der Waals surface area contributed by atoms with Crippen LogP contribution >= 0.6 is 0 Å². The van der Waals surface area contributed by atoms with E-state index in [2.05, 4.69) is 25.6 Å². The number of halogens is 3. The Morgan fingerprint density at radius 3 is 2.55 bits per heavy atom. The average Bonchev–Trinajstić information content (AvgIpc) is 2.44. The van der Waals surface area contributed by atoms with Crippen molar-refractivity contribution in [1.82, 2.24) is 15.0 Å². The monoisotopic (exact) mass is 283 g/mol. The van der Waals surface area contributed by atoms with Crippen LogP contribution in [0.4, 0.5) is 24.7 Å². The molecule has 2 aromatic rings. The Balaban J connectivity index is 1.83. The Morgan fingerprint density at radius 1 is 1.05 bits per heavy atom. The van der Waals surface area contributed by atoms with E-state index in [-0.39, 0.29) is 5.82 Å². The summed E-state index contributed by atoms with van der Waals surface area (Å²) in [5.41, 5.74) is 0.841. The zero-order valence-corrected chi connectivity index (χ0v) is 10.4. The first-order chi connectivity index (χ1) is 9.55. The van der Waals surface area contributed by atoms with E-state index in [1.54, 1.807) is 18.5 Å². The van der Waals surface area contributed by atoms with Crippen LogP contribution in [0.2, 0.25) is 0 Å². The van der Waals surface area contributed by atoms with Gasteiger partial charge >= 0.3 is 6.18 Å². The van der Waals surface area contributed by atoms with Gasteiger partial charge in [-0.05, 0) is 18.2 Å². The molecule has 0 aliphatic heterocycles. The molecule has 0 bridgehead atoms. The second kappa shape index (κ2) is 6.18. The average molecular weight is 283 g/mol. The highest BCUT2D eigenvalue weighted by Gasteiger charge is 2.34. The van der Waals surface area contributed by atoms with Gasteiger partial charge in [-0.2, -0.15) is 13.2 Å². The van der Waals surface area contributed by atoms with Crippen LogP contribution < -0.4 is 10.6 Å². The predicted molar refractivity (Wildman–Crippen MR) is 68.3 cm³/mol. The minimum Gasteiger partial charge on any atom is -0.382 e. The molecule has 0 aromatic carbocycles. The van der Waals surface area contributed by atoms with E-state index in [4.69, 9.17) is 0 Å². The summed E-state index contributed by atoms with van der Waals surface area (Å²) in [6.07, 6.45) is -0.145. The highest BCUT2D eigenvalue weighted by Crippen LogP contribution is 2.26. The smallest absolute Gasteiger partial charge is 0.382 e. The van der Waals surface area contributed by atoms with E-state index < -0.39 is 12.0 Å². The van der Waals surface area contributed by atoms with Crippen LogP contribution in [0.1, 0.15) is 5.82 Å². The maximum absolute atomic E-state index is 12.4. The zero-order valence-electron chi connectivity index (χ0n) is 10.4. The quantitative estimate of drug-likeness (QED) is 0.825. The second-order valence-electron chi connectivity index (χ2n) is 3.86. The largest absolute Gasteiger partial charge is 0.451 e. The van der Waals surface area contributed by atoms with Crippen molar-refractivity contribution >= 4 is 11.5 Å². The highest BCUT2D eigenvalue weighted by atomic mass is 19.4. The molecule has 2 N–H and O–H groups in total. The van der Waals surface area contributed by atoms with Crippen molar-refractivity contribution in [2.75, 3.05) is 23.7 Å². The van der Waals surface area contributed by atoms with E-state index in [1.165, 1.54) is 6.07 Å². The third-order valence-electron chi connectivity index (χ3n) is 2.33. The molecular weight excluding hydrogens is 271 g/mol. The fraction of sp³-hybridized carbons (Fsp3) is 0.250. The molecule has 0 atom stereocenters. The van der Waals surface area contributed by atoms with Crippen molar-refractivity contribution in [3.05, 3.63) is 42.6 Å². The standard InChI is InChI=1S/C12H12F3N5/c13-12(14,15)11-19-5-3-10(20-11)18-7-6-17-9-2-1-4-16-8-9/h1-5,8,17H,6-7H2,(H,18,19,20). The first-order valence-electron chi connectivity index (χ1n) is 5.84. The number of nitrogens with zero attached hydrogens (tertiary/aromatic N) is 3. The number of aromatic nitrogens is 3. The van der Waals surface area contributed by atoms with Crippen molar-refractivity contribution < 1.29 is 13.2 Å². The van der Waals surface area contributed by atoms with Gasteiger partial charge in [0.25, 0.3) is 0 Å². The van der Waals surface area contributed by atoms with Gasteiger partial charge in [-0.15, -0.1) is 0 Å². The summed E-state index contributed by atoms with van der Waals surface area (Å²) in [5, 5.41) is 5.86. The summed E-state index contributed by atoms with van der Waals surface area (Å²) in [4.78, 5) is 10.5. The van der Waals surface area contributed by atoms with Crippen molar-refractivity contribution in [3.63, 3.8) is 0 Å². The molecule has 20 heavy (non-hydrogen) atoms. The molecule has 0 aliphatic carbocycles. The van der Waals surface area contributed by atoms with Crippen molar-refractivity contribution in [1.29, 1.82) is 0 Å². The van der Waals surface area contributed by atoms with Crippen LogP contribution in [0.3, 0.4) is 0 Å². The molecule has 0 amide bonds. The molecule has 0 radical (unpaired) electrons. The molecular formula is C12H12F3N5. The summed E-state index contributed by atoms with van der Waals surface area (Å²) in [7, 11) is 0. The highest BCUT2D eigenvalue weighted by molar-refractivity contribution is 5.40. The molecule has 2 aromatic heterocycles. The lowest BCUT2D eigenvalue weighted by Crippen LogP contribution is -2.16. The number of rotatable bonds is 5. The Labute approximate surface area is 113 Å². The summed E-state index contributed by atoms with van der Waals surface area (Å²) < 4.78 is 37.2. The van der Waals surface area contributed by atoms with E-state index in [0.717, 1.165) is 11.9 Å². The number of hydrogen-bond acceptors (Lipinski definition) is 5. The predicted octanol–water partition coefficient (Wildman–Crippen LogP) is 2.41. The molecule has 0 aliphatic rings. The molecule has 0 spiro atoms. The Hall–Kier alpha value is -2.38.